The van der Waals surface area contributed by atoms with Gasteiger partial charge in [-0.1, -0.05) is 29.3 Å². The van der Waals surface area contributed by atoms with E-state index in [-0.39, 0.29) is 41.1 Å². The summed E-state index contributed by atoms with van der Waals surface area (Å²) in [5.74, 6) is 0.762. The number of ether oxygens (including phenoxy) is 2. The van der Waals surface area contributed by atoms with E-state index in [0.717, 1.165) is 4.68 Å². The van der Waals surface area contributed by atoms with Crippen LogP contribution in [0.5, 0.6) is 11.5 Å². The van der Waals surface area contributed by atoms with E-state index < -0.39 is 28.7 Å². The van der Waals surface area contributed by atoms with Gasteiger partial charge in [0.2, 0.25) is 0 Å². The molecule has 0 saturated heterocycles. The topological polar surface area (TPSA) is 104 Å². The Bertz CT molecular complexity index is 1650. The Morgan fingerprint density at radius 1 is 1.00 bits per heavy atom. The fraction of sp³-hybridized carbons (Fsp3) is 0.280. The van der Waals surface area contributed by atoms with Crippen molar-refractivity contribution in [2.75, 3.05) is 14.2 Å². The van der Waals surface area contributed by atoms with E-state index in [0.29, 0.717) is 22.6 Å². The maximum atomic E-state index is 14.0. The molecule has 4 aromatic rings. The number of benzene rings is 2. The number of hydrogen-bond donors (Lipinski definition) is 1. The minimum Gasteiger partial charge on any atom is -0.497 e. The summed E-state index contributed by atoms with van der Waals surface area (Å²) >= 11 is 11.9. The van der Waals surface area contributed by atoms with Crippen LogP contribution in [0.4, 0.5) is 13.2 Å². The van der Waals surface area contributed by atoms with Crippen molar-refractivity contribution in [3.63, 3.8) is 0 Å². The number of nitrogens with one attached hydrogen (secondary N) is 1. The van der Waals surface area contributed by atoms with Crippen LogP contribution in [0, 0.1) is 0 Å². The first-order chi connectivity index (χ1) is 18.4. The van der Waals surface area contributed by atoms with Gasteiger partial charge in [0.1, 0.15) is 23.1 Å². The fourth-order valence-corrected chi connectivity index (χ4v) is 4.35. The van der Waals surface area contributed by atoms with Crippen molar-refractivity contribution >= 4 is 23.2 Å². The number of hydrogen-bond acceptors (Lipinski definition) is 6. The monoisotopic (exact) mass is 583 g/mol. The first kappa shape index (κ1) is 28.2. The van der Waals surface area contributed by atoms with Gasteiger partial charge in [0, 0.05) is 25.1 Å². The lowest BCUT2D eigenvalue weighted by atomic mass is 10.0. The summed E-state index contributed by atoms with van der Waals surface area (Å²) in [7, 11) is 4.36. The molecule has 206 valence electrons. The normalized spacial score (nSPS) is 11.6. The molecule has 2 aromatic carbocycles. The third kappa shape index (κ3) is 6.12. The predicted octanol–water partition coefficient (Wildman–Crippen LogP) is 4.24. The molecule has 0 spiro atoms. The highest BCUT2D eigenvalue weighted by molar-refractivity contribution is 6.42. The van der Waals surface area contributed by atoms with Gasteiger partial charge in [0.25, 0.3) is 5.56 Å². The van der Waals surface area contributed by atoms with Crippen molar-refractivity contribution < 1.29 is 22.6 Å². The summed E-state index contributed by atoms with van der Waals surface area (Å²) < 4.78 is 54.9. The molecule has 0 amide bonds. The smallest absolute Gasteiger partial charge is 0.433 e. The summed E-state index contributed by atoms with van der Waals surface area (Å²) in [5, 5.41) is 4.52. The average Bonchev–Trinajstić information content (AvgIpc) is 3.14. The lowest BCUT2D eigenvalue weighted by Crippen LogP contribution is -2.27. The van der Waals surface area contributed by atoms with Crippen molar-refractivity contribution in [2.24, 2.45) is 7.05 Å². The molecule has 0 unspecified atom stereocenters. The van der Waals surface area contributed by atoms with Crippen LogP contribution in [-0.4, -0.2) is 38.5 Å². The zero-order valence-electron chi connectivity index (χ0n) is 20.9. The van der Waals surface area contributed by atoms with Crippen LogP contribution < -0.4 is 20.7 Å². The van der Waals surface area contributed by atoms with Gasteiger partial charge in [-0.25, -0.2) is 14.5 Å². The van der Waals surface area contributed by atoms with Gasteiger partial charge >= 0.3 is 11.9 Å². The third-order valence-corrected chi connectivity index (χ3v) is 6.67. The third-order valence-electron chi connectivity index (χ3n) is 5.93. The van der Waals surface area contributed by atoms with E-state index in [1.54, 1.807) is 18.2 Å². The molecule has 0 aliphatic rings. The van der Waals surface area contributed by atoms with Crippen molar-refractivity contribution in [1.29, 1.82) is 0 Å². The summed E-state index contributed by atoms with van der Waals surface area (Å²) in [6.45, 7) is 0.000937. The first-order valence-corrected chi connectivity index (χ1v) is 12.1. The molecule has 0 aliphatic heterocycles. The van der Waals surface area contributed by atoms with Crippen LogP contribution in [0.3, 0.4) is 0 Å². The predicted molar refractivity (Wildman–Crippen MR) is 138 cm³/mol. The maximum Gasteiger partial charge on any atom is 0.433 e. The highest BCUT2D eigenvalue weighted by Crippen LogP contribution is 2.31. The second-order valence-corrected chi connectivity index (χ2v) is 9.34. The van der Waals surface area contributed by atoms with Crippen LogP contribution in [0.25, 0.3) is 0 Å². The number of methoxy groups -OCH3 is 2. The fourth-order valence-electron chi connectivity index (χ4n) is 4.03. The Hall–Kier alpha value is -3.77. The summed E-state index contributed by atoms with van der Waals surface area (Å²) in [6, 6.07) is 9.30. The zero-order valence-corrected chi connectivity index (χ0v) is 22.4. The Labute approximate surface area is 229 Å². The van der Waals surface area contributed by atoms with Gasteiger partial charge in [-0.05, 0) is 29.8 Å². The number of alkyl halides is 3. The molecule has 39 heavy (non-hydrogen) atoms. The van der Waals surface area contributed by atoms with Crippen molar-refractivity contribution in [1.82, 2.24) is 24.3 Å². The minimum atomic E-state index is -4.92. The number of aromatic amines is 1. The van der Waals surface area contributed by atoms with Crippen LogP contribution in [0.1, 0.15) is 34.0 Å². The van der Waals surface area contributed by atoms with Crippen LogP contribution >= 0.6 is 23.2 Å². The lowest BCUT2D eigenvalue weighted by Gasteiger charge is -2.14. The van der Waals surface area contributed by atoms with Gasteiger partial charge in [-0.3, -0.25) is 9.36 Å². The SMILES string of the molecule is COc1ccc(Cn2c(Cc3nc(C(F)(F)F)c(Cc4ccc(Cl)c(Cl)c4)c(=O)[nH]3)nn(C)c2=O)c(OC)c1. The number of aromatic nitrogens is 5. The Balaban J connectivity index is 1.72. The van der Waals surface area contributed by atoms with Crippen LogP contribution in [0.2, 0.25) is 10.0 Å². The Morgan fingerprint density at radius 2 is 1.74 bits per heavy atom. The molecular formula is C25H22Cl2F3N5O4. The van der Waals surface area contributed by atoms with Gasteiger partial charge in [0.15, 0.2) is 5.69 Å². The number of rotatable bonds is 8. The van der Waals surface area contributed by atoms with E-state index in [4.69, 9.17) is 32.7 Å². The largest absolute Gasteiger partial charge is 0.497 e. The average molecular weight is 584 g/mol. The van der Waals surface area contributed by atoms with Gasteiger partial charge in [-0.15, -0.1) is 0 Å². The van der Waals surface area contributed by atoms with Gasteiger partial charge < -0.3 is 14.5 Å². The van der Waals surface area contributed by atoms with E-state index in [9.17, 15) is 22.8 Å². The van der Waals surface area contributed by atoms with Crippen molar-refractivity contribution in [3.05, 3.63) is 101 Å². The molecule has 0 fully saturated rings. The number of aryl methyl sites for hydroxylation is 1. The molecule has 4 rings (SSSR count). The van der Waals surface area contributed by atoms with Crippen LogP contribution in [0.15, 0.2) is 46.0 Å². The number of H-pyrrole nitrogens is 1. The van der Waals surface area contributed by atoms with E-state index in [2.05, 4.69) is 15.1 Å². The first-order valence-electron chi connectivity index (χ1n) is 11.4. The second-order valence-electron chi connectivity index (χ2n) is 8.53. The molecule has 9 nitrogen and oxygen atoms in total. The minimum absolute atomic E-state index is 0.000937. The lowest BCUT2D eigenvalue weighted by molar-refractivity contribution is -0.142. The summed E-state index contributed by atoms with van der Waals surface area (Å²) in [4.78, 5) is 31.8. The molecule has 14 heteroatoms. The van der Waals surface area contributed by atoms with Crippen molar-refractivity contribution in [2.45, 2.75) is 25.6 Å². The quantitative estimate of drug-likeness (QED) is 0.333. The Morgan fingerprint density at radius 3 is 2.38 bits per heavy atom. The van der Waals surface area contributed by atoms with Gasteiger partial charge in [0.05, 0.1) is 42.8 Å². The number of halogens is 5. The molecule has 0 radical (unpaired) electrons. The summed E-state index contributed by atoms with van der Waals surface area (Å²) in [5.41, 5.74) is -2.46. The molecule has 0 bridgehead atoms. The van der Waals surface area contributed by atoms with E-state index in [1.165, 1.54) is 44.0 Å². The molecule has 2 heterocycles. The molecule has 0 atom stereocenters. The second kappa shape index (κ2) is 11.1. The standard InChI is InChI=1S/C25H22Cl2F3N5O4/c1-34-24(37)35(12-14-5-6-15(38-2)10-19(14)39-3)21(33-34)11-20-31-22(25(28,29)30)16(23(36)32-20)8-13-4-7-17(26)18(27)9-13/h4-7,9-10H,8,11-12H2,1-3H3,(H,31,32,36). The molecule has 0 saturated carbocycles. The highest BCUT2D eigenvalue weighted by Gasteiger charge is 2.37. The number of nitrogens with zero attached hydrogens (tertiary/aromatic N) is 4. The zero-order chi connectivity index (χ0) is 28.5. The maximum absolute atomic E-state index is 14.0. The van der Waals surface area contributed by atoms with Gasteiger partial charge in [-0.2, -0.15) is 18.3 Å². The molecular weight excluding hydrogens is 562 g/mol. The van der Waals surface area contributed by atoms with Crippen LogP contribution in [-0.2, 0) is 32.6 Å². The van der Waals surface area contributed by atoms with E-state index in [1.807, 2.05) is 0 Å². The molecule has 1 N–H and O–H groups in total. The molecule has 0 aliphatic carbocycles. The highest BCUT2D eigenvalue weighted by atomic mass is 35.5. The summed E-state index contributed by atoms with van der Waals surface area (Å²) in [6.07, 6.45) is -5.64. The van der Waals surface area contributed by atoms with E-state index >= 15 is 0 Å². The molecule has 2 aromatic heterocycles. The van der Waals surface area contributed by atoms with Crippen molar-refractivity contribution in [3.8, 4) is 11.5 Å². The Kier molecular flexibility index (Phi) is 8.07.